The molecular weight excluding hydrogens is 377 g/mol. The summed E-state index contributed by atoms with van der Waals surface area (Å²) in [7, 11) is 1.44. The molecule has 3 aliphatic rings. The van der Waals surface area contributed by atoms with Crippen molar-refractivity contribution in [2.24, 2.45) is 16.5 Å². The molecule has 0 aromatic heterocycles. The third-order valence-electron chi connectivity index (χ3n) is 6.11. The van der Waals surface area contributed by atoms with E-state index in [0.717, 1.165) is 45.3 Å². The smallest absolute Gasteiger partial charge is 0.323 e. The van der Waals surface area contributed by atoms with Crippen LogP contribution in [0.4, 0.5) is 10.1 Å². The molecule has 2 fully saturated rings. The second-order valence-electron chi connectivity index (χ2n) is 7.82. The van der Waals surface area contributed by atoms with Gasteiger partial charge in [0.15, 0.2) is 0 Å². The highest BCUT2D eigenvalue weighted by atomic mass is 19.1. The van der Waals surface area contributed by atoms with Crippen LogP contribution in [-0.4, -0.2) is 55.7 Å². The zero-order chi connectivity index (χ0) is 20.6. The normalized spacial score (nSPS) is 28.3. The number of nitrogens with zero attached hydrogens (tertiary/aromatic N) is 3. The van der Waals surface area contributed by atoms with E-state index in [2.05, 4.69) is 20.7 Å². The van der Waals surface area contributed by atoms with Gasteiger partial charge in [-0.05, 0) is 44.4 Å². The fourth-order valence-electron chi connectivity index (χ4n) is 4.60. The lowest BCUT2D eigenvalue weighted by Gasteiger charge is -2.39. The molecule has 0 radical (unpaired) electrons. The summed E-state index contributed by atoms with van der Waals surface area (Å²) in [4.78, 5) is 20.4. The number of esters is 1. The van der Waals surface area contributed by atoms with Gasteiger partial charge in [0.1, 0.15) is 11.9 Å². The number of halogens is 1. The van der Waals surface area contributed by atoms with Crippen LogP contribution in [0.1, 0.15) is 31.2 Å². The van der Waals surface area contributed by atoms with E-state index in [1.54, 1.807) is 12.1 Å². The number of piperidine rings is 1. The molecule has 29 heavy (non-hydrogen) atoms. The Balaban J connectivity index is 1.42. The van der Waals surface area contributed by atoms with E-state index in [1.807, 2.05) is 4.90 Å². The summed E-state index contributed by atoms with van der Waals surface area (Å²) in [5.41, 5.74) is 18.2. The summed E-state index contributed by atoms with van der Waals surface area (Å²) in [5, 5.41) is 0. The molecule has 2 saturated heterocycles. The predicted molar refractivity (Wildman–Crippen MR) is 107 cm³/mol. The van der Waals surface area contributed by atoms with Crippen molar-refractivity contribution in [3.63, 3.8) is 0 Å². The van der Waals surface area contributed by atoms with Crippen LogP contribution in [-0.2, 0) is 15.3 Å². The Labute approximate surface area is 169 Å². The number of anilines is 1. The van der Waals surface area contributed by atoms with Crippen molar-refractivity contribution in [1.82, 2.24) is 15.8 Å². The highest BCUT2D eigenvalue weighted by molar-refractivity contribution is 5.79. The summed E-state index contributed by atoms with van der Waals surface area (Å²) in [5.74, 6) is -1.62. The number of aliphatic imine (C=N–C) groups is 1. The number of carbonyl (C=O) groups excluding carboxylic acids is 1. The van der Waals surface area contributed by atoms with Gasteiger partial charge in [0.2, 0.25) is 11.7 Å². The van der Waals surface area contributed by atoms with Crippen molar-refractivity contribution in [1.29, 1.82) is 0 Å². The Hall–Kier alpha value is -2.43. The number of hydrogen-bond donors (Lipinski definition) is 4. The van der Waals surface area contributed by atoms with Gasteiger partial charge in [-0.25, -0.2) is 9.38 Å². The third kappa shape index (κ3) is 3.75. The van der Waals surface area contributed by atoms with Crippen LogP contribution in [0.15, 0.2) is 23.2 Å². The fourth-order valence-corrected chi connectivity index (χ4v) is 4.60. The molecule has 0 aliphatic carbocycles. The van der Waals surface area contributed by atoms with Crippen molar-refractivity contribution in [3.05, 3.63) is 29.6 Å². The second kappa shape index (κ2) is 7.77. The quantitative estimate of drug-likeness (QED) is 0.514. The first-order valence-electron chi connectivity index (χ1n) is 9.97. The van der Waals surface area contributed by atoms with Gasteiger partial charge in [-0.2, -0.15) is 5.43 Å². The molecule has 2 atom stereocenters. The lowest BCUT2D eigenvalue weighted by atomic mass is 10.0. The molecule has 0 saturated carbocycles. The first kappa shape index (κ1) is 19.9. The number of guanidine groups is 1. The van der Waals surface area contributed by atoms with Crippen molar-refractivity contribution >= 4 is 17.6 Å². The van der Waals surface area contributed by atoms with E-state index < -0.39 is 5.79 Å². The number of carbonyl (C=O) groups is 1. The molecule has 1 unspecified atom stereocenters. The van der Waals surface area contributed by atoms with Gasteiger partial charge >= 0.3 is 5.97 Å². The maximum absolute atomic E-state index is 14.9. The Kier molecular flexibility index (Phi) is 5.32. The van der Waals surface area contributed by atoms with Gasteiger partial charge in [-0.1, -0.05) is 6.07 Å². The minimum atomic E-state index is -1.28. The number of hydrazine groups is 1. The molecule has 6 N–H and O–H groups in total. The first-order chi connectivity index (χ1) is 13.9. The molecule has 9 nitrogen and oxygen atoms in total. The van der Waals surface area contributed by atoms with E-state index in [4.69, 9.17) is 16.2 Å². The standard InChI is InChI=1S/C19H28FN7O2/c1-29-17(28)16-3-2-8-27(16)13-6-9-26(10-7-13)15-5-4-12(11-14(15)20)19(22)23-18(21)24-25-19/h4-5,11,13,16,25H,2-3,6-10,22H2,1H3,(H3,21,23,24)/t16-,19?/m0/s1. The van der Waals surface area contributed by atoms with Gasteiger partial charge in [-0.15, -0.1) is 0 Å². The molecule has 0 bridgehead atoms. The van der Waals surface area contributed by atoms with Crippen molar-refractivity contribution in [2.75, 3.05) is 31.6 Å². The highest BCUT2D eigenvalue weighted by Crippen LogP contribution is 2.31. The number of methoxy groups -OCH3 is 1. The number of likely N-dealkylation sites (tertiary alicyclic amines) is 1. The molecular formula is C19H28FN7O2. The SMILES string of the molecule is COC(=O)[C@@H]1CCCN1C1CCN(c2ccc(C3(N)N=C(N)NN3)cc2F)CC1. The lowest BCUT2D eigenvalue weighted by molar-refractivity contribution is -0.146. The number of ether oxygens (including phenoxy) is 1. The van der Waals surface area contributed by atoms with Crippen LogP contribution in [0.5, 0.6) is 0 Å². The summed E-state index contributed by atoms with van der Waals surface area (Å²) in [6.07, 6.45) is 3.61. The predicted octanol–water partition coefficient (Wildman–Crippen LogP) is -0.0766. The van der Waals surface area contributed by atoms with Gasteiger partial charge in [0.05, 0.1) is 12.8 Å². The molecule has 158 valence electrons. The minimum Gasteiger partial charge on any atom is -0.468 e. The third-order valence-corrected chi connectivity index (χ3v) is 6.11. The van der Waals surface area contributed by atoms with E-state index in [0.29, 0.717) is 17.3 Å². The number of nitrogens with one attached hydrogen (secondary N) is 2. The van der Waals surface area contributed by atoms with Crippen LogP contribution in [0.3, 0.4) is 0 Å². The minimum absolute atomic E-state index is 0.145. The average Bonchev–Trinajstić information content (AvgIpc) is 3.35. The summed E-state index contributed by atoms with van der Waals surface area (Å²) in [6.45, 7) is 2.37. The maximum atomic E-state index is 14.9. The molecule has 0 amide bonds. The van der Waals surface area contributed by atoms with Crippen LogP contribution in [0, 0.1) is 5.82 Å². The molecule has 1 aromatic carbocycles. The lowest BCUT2D eigenvalue weighted by Crippen LogP contribution is -2.50. The van der Waals surface area contributed by atoms with Crippen LogP contribution in [0.2, 0.25) is 0 Å². The van der Waals surface area contributed by atoms with E-state index in [-0.39, 0.29) is 23.8 Å². The number of benzene rings is 1. The van der Waals surface area contributed by atoms with E-state index in [1.165, 1.54) is 13.2 Å². The molecule has 3 heterocycles. The molecule has 0 spiro atoms. The second-order valence-corrected chi connectivity index (χ2v) is 7.82. The topological polar surface area (TPSA) is 121 Å². The van der Waals surface area contributed by atoms with Gasteiger partial charge < -0.3 is 15.4 Å². The first-order valence-corrected chi connectivity index (χ1v) is 9.97. The summed E-state index contributed by atoms with van der Waals surface area (Å²) in [6, 6.07) is 5.06. The number of nitrogens with two attached hydrogens (primary N) is 2. The Bertz CT molecular complexity index is 812. The molecule has 4 rings (SSSR count). The highest BCUT2D eigenvalue weighted by Gasteiger charge is 2.38. The van der Waals surface area contributed by atoms with Gasteiger partial charge in [0.25, 0.3) is 0 Å². The van der Waals surface area contributed by atoms with E-state index >= 15 is 0 Å². The van der Waals surface area contributed by atoms with Crippen molar-refractivity contribution in [2.45, 2.75) is 43.6 Å². The zero-order valence-electron chi connectivity index (χ0n) is 16.5. The Morgan fingerprint density at radius 1 is 1.31 bits per heavy atom. The fraction of sp³-hybridized carbons (Fsp3) is 0.579. The summed E-state index contributed by atoms with van der Waals surface area (Å²) < 4.78 is 19.8. The van der Waals surface area contributed by atoms with Crippen molar-refractivity contribution in [3.8, 4) is 0 Å². The number of hydrogen-bond acceptors (Lipinski definition) is 9. The van der Waals surface area contributed by atoms with E-state index in [9.17, 15) is 9.18 Å². The average molecular weight is 405 g/mol. The Morgan fingerprint density at radius 2 is 2.07 bits per heavy atom. The molecule has 10 heteroatoms. The monoisotopic (exact) mass is 405 g/mol. The number of rotatable bonds is 4. The molecule has 1 aromatic rings. The zero-order valence-corrected chi connectivity index (χ0v) is 16.5. The van der Waals surface area contributed by atoms with Gasteiger partial charge in [-0.3, -0.25) is 20.9 Å². The molecule has 3 aliphatic heterocycles. The van der Waals surface area contributed by atoms with Crippen LogP contribution in [0.25, 0.3) is 0 Å². The maximum Gasteiger partial charge on any atom is 0.323 e. The van der Waals surface area contributed by atoms with Crippen LogP contribution < -0.4 is 27.2 Å². The summed E-state index contributed by atoms with van der Waals surface area (Å²) >= 11 is 0. The van der Waals surface area contributed by atoms with Crippen LogP contribution >= 0.6 is 0 Å². The Morgan fingerprint density at radius 3 is 2.69 bits per heavy atom. The van der Waals surface area contributed by atoms with Gasteiger partial charge in [0, 0.05) is 24.7 Å². The van der Waals surface area contributed by atoms with Crippen molar-refractivity contribution < 1.29 is 13.9 Å². The largest absolute Gasteiger partial charge is 0.468 e.